The average molecular weight is 807 g/mol. The minimum absolute atomic E-state index is 0.140. The summed E-state index contributed by atoms with van der Waals surface area (Å²) in [5.41, 5.74) is 1.99. The fraction of sp³-hybridized carbons (Fsp3) is 0.379. The number of pyridine rings is 3. The Balaban J connectivity index is 0.000000375. The molecule has 0 fully saturated rings. The molecule has 0 aliphatic carbocycles. The molecule has 5 atom stereocenters. The summed E-state index contributed by atoms with van der Waals surface area (Å²) in [7, 11) is -3.39. The maximum absolute atomic E-state index is 12.1. The van der Waals surface area contributed by atoms with Gasteiger partial charge in [0.1, 0.15) is 0 Å². The second-order valence-electron chi connectivity index (χ2n) is 10.0. The summed E-state index contributed by atoms with van der Waals surface area (Å²) in [6, 6.07) is 4.93. The lowest BCUT2D eigenvalue weighted by Crippen LogP contribution is -2.08. The van der Waals surface area contributed by atoms with Gasteiger partial charge in [0, 0.05) is 37.4 Å². The molecule has 0 N–H and O–H groups in total. The topological polar surface area (TPSA) is 226 Å². The standard InChI is InChI=1S/2C10H12ClN3O2S.C9H10ClN3O2S/c2*1-7(17(3,15)14-6-12)8-4-9(16-2)10(11)13-5-8;1-15-8-3-7(4-12-9(8)10)5-16(2,14)13-6-11/h2*4-5,7H,1-3H3;3-4H,5H2,1-2H3. The lowest BCUT2D eigenvalue weighted by atomic mass is 10.2. The van der Waals surface area contributed by atoms with E-state index in [0.29, 0.717) is 33.9 Å². The van der Waals surface area contributed by atoms with Crippen LogP contribution in [0, 0.1) is 34.4 Å². The molecule has 3 rings (SSSR count). The van der Waals surface area contributed by atoms with Crippen LogP contribution in [-0.2, 0) is 34.9 Å². The highest BCUT2D eigenvalue weighted by molar-refractivity contribution is 7.93. The zero-order valence-electron chi connectivity index (χ0n) is 28.2. The molecule has 21 heteroatoms. The predicted molar refractivity (Wildman–Crippen MR) is 194 cm³/mol. The molecule has 15 nitrogen and oxygen atoms in total. The fourth-order valence-electron chi connectivity index (χ4n) is 3.56. The van der Waals surface area contributed by atoms with Crippen molar-refractivity contribution in [2.24, 2.45) is 13.1 Å². The summed E-state index contributed by atoms with van der Waals surface area (Å²) in [5, 5.41) is 25.2. The quantitative estimate of drug-likeness (QED) is 0.165. The largest absolute Gasteiger partial charge is 0.494 e. The van der Waals surface area contributed by atoms with E-state index in [9.17, 15) is 12.6 Å². The van der Waals surface area contributed by atoms with Gasteiger partial charge in [-0.1, -0.05) is 34.8 Å². The van der Waals surface area contributed by atoms with Crippen LogP contribution in [0.1, 0.15) is 41.0 Å². The van der Waals surface area contributed by atoms with Crippen LogP contribution < -0.4 is 14.2 Å². The summed E-state index contributed by atoms with van der Waals surface area (Å²) in [6.45, 7) is 3.43. The normalized spacial score (nSPS) is 14.9. The first-order valence-electron chi connectivity index (χ1n) is 13.7. The van der Waals surface area contributed by atoms with Gasteiger partial charge in [-0.25, -0.2) is 27.6 Å². The molecule has 5 unspecified atom stereocenters. The molecule has 0 radical (unpaired) electrons. The molecule has 0 saturated heterocycles. The third-order valence-corrected chi connectivity index (χ3v) is 12.8. The Hall–Kier alpha value is -3.96. The molecule has 3 heterocycles. The Morgan fingerprint density at radius 1 is 0.660 bits per heavy atom. The van der Waals surface area contributed by atoms with Crippen molar-refractivity contribution in [3.63, 3.8) is 0 Å². The predicted octanol–water partition coefficient (Wildman–Crippen LogP) is 6.59. The molecule has 0 saturated carbocycles. The van der Waals surface area contributed by atoms with Crippen LogP contribution in [0.25, 0.3) is 0 Å². The van der Waals surface area contributed by atoms with E-state index in [2.05, 4.69) is 28.0 Å². The van der Waals surface area contributed by atoms with Crippen LogP contribution in [0.2, 0.25) is 15.5 Å². The molecule has 0 spiro atoms. The molecule has 50 heavy (non-hydrogen) atoms. The molecule has 0 aliphatic rings. The van der Waals surface area contributed by atoms with Gasteiger partial charge in [-0.15, -0.1) is 13.1 Å². The van der Waals surface area contributed by atoms with Gasteiger partial charge in [-0.2, -0.15) is 15.8 Å². The highest BCUT2D eigenvalue weighted by atomic mass is 35.5. The number of nitriles is 3. The van der Waals surface area contributed by atoms with Crippen molar-refractivity contribution in [2.75, 3.05) is 40.1 Å². The molecule has 0 aromatic carbocycles. The van der Waals surface area contributed by atoms with Gasteiger partial charge in [-0.05, 0) is 48.7 Å². The van der Waals surface area contributed by atoms with Crippen molar-refractivity contribution in [1.29, 1.82) is 15.8 Å². The fourth-order valence-corrected chi connectivity index (χ4v) is 7.02. The van der Waals surface area contributed by atoms with Gasteiger partial charge < -0.3 is 14.2 Å². The van der Waals surface area contributed by atoms with Crippen molar-refractivity contribution in [3.8, 4) is 35.8 Å². The Kier molecular flexibility index (Phi) is 17.7. The first-order valence-corrected chi connectivity index (χ1v) is 20.9. The van der Waals surface area contributed by atoms with Gasteiger partial charge in [0.2, 0.25) is 18.6 Å². The van der Waals surface area contributed by atoms with E-state index in [0.717, 1.165) is 0 Å². The average Bonchev–Trinajstić information content (AvgIpc) is 3.05. The molecular formula is C29H34Cl3N9O6S3. The first-order chi connectivity index (χ1) is 23.3. The number of hydrogen-bond donors (Lipinski definition) is 0. The van der Waals surface area contributed by atoms with Gasteiger partial charge in [0.05, 0.1) is 66.8 Å². The second kappa shape index (κ2) is 20.0. The van der Waals surface area contributed by atoms with Crippen molar-refractivity contribution < 1.29 is 26.8 Å². The minimum atomic E-state index is -2.63. The van der Waals surface area contributed by atoms with E-state index in [4.69, 9.17) is 64.8 Å². The van der Waals surface area contributed by atoms with Crippen LogP contribution in [0.3, 0.4) is 0 Å². The lowest BCUT2D eigenvalue weighted by Gasteiger charge is -2.13. The van der Waals surface area contributed by atoms with Crippen LogP contribution in [0.4, 0.5) is 0 Å². The van der Waals surface area contributed by atoms with Crippen molar-refractivity contribution in [3.05, 3.63) is 68.9 Å². The van der Waals surface area contributed by atoms with Gasteiger partial charge in [0.25, 0.3) is 0 Å². The summed E-state index contributed by atoms with van der Waals surface area (Å²) >= 11 is 17.3. The maximum Gasteiger partial charge on any atom is 0.214 e. The Bertz CT molecular complexity index is 2070. The number of hydrogen-bond acceptors (Lipinski definition) is 15. The smallest absolute Gasteiger partial charge is 0.214 e. The maximum atomic E-state index is 12.1. The molecule has 0 amide bonds. The number of aromatic nitrogens is 3. The van der Waals surface area contributed by atoms with Crippen LogP contribution in [-0.4, -0.2) is 67.7 Å². The first kappa shape index (κ1) is 44.1. The number of nitrogens with zero attached hydrogens (tertiary/aromatic N) is 9. The van der Waals surface area contributed by atoms with Gasteiger partial charge in [0.15, 0.2) is 32.7 Å². The summed E-state index contributed by atoms with van der Waals surface area (Å²) < 4.78 is 61.2. The summed E-state index contributed by atoms with van der Waals surface area (Å²) in [5.74, 6) is 1.36. The summed E-state index contributed by atoms with van der Waals surface area (Å²) in [4.78, 5) is 11.8. The minimum Gasteiger partial charge on any atom is -0.494 e. The third-order valence-electron chi connectivity index (χ3n) is 6.54. The number of methoxy groups -OCH3 is 3. The van der Waals surface area contributed by atoms with E-state index in [1.54, 1.807) is 50.6 Å². The number of ether oxygens (including phenoxy) is 3. The molecule has 270 valence electrons. The van der Waals surface area contributed by atoms with E-state index in [1.165, 1.54) is 58.7 Å². The molecule has 0 bridgehead atoms. The zero-order chi connectivity index (χ0) is 38.3. The monoisotopic (exact) mass is 805 g/mol. The van der Waals surface area contributed by atoms with Crippen LogP contribution in [0.15, 0.2) is 49.9 Å². The highest BCUT2D eigenvalue weighted by Crippen LogP contribution is 2.30. The zero-order valence-corrected chi connectivity index (χ0v) is 32.9. The lowest BCUT2D eigenvalue weighted by molar-refractivity contribution is 0.412. The Morgan fingerprint density at radius 3 is 1.34 bits per heavy atom. The summed E-state index contributed by atoms with van der Waals surface area (Å²) in [6.07, 6.45) is 13.5. The van der Waals surface area contributed by atoms with E-state index < -0.39 is 39.7 Å². The molecule has 0 aliphatic heterocycles. The Morgan fingerprint density at radius 2 is 1.00 bits per heavy atom. The van der Waals surface area contributed by atoms with Crippen molar-refractivity contribution in [2.45, 2.75) is 30.1 Å². The Labute approximate surface area is 308 Å². The third kappa shape index (κ3) is 13.4. The number of halogens is 3. The van der Waals surface area contributed by atoms with Gasteiger partial charge in [-0.3, -0.25) is 0 Å². The highest BCUT2D eigenvalue weighted by Gasteiger charge is 2.19. The van der Waals surface area contributed by atoms with E-state index in [1.807, 2.05) is 0 Å². The van der Waals surface area contributed by atoms with E-state index >= 15 is 0 Å². The molecule has 3 aromatic heterocycles. The van der Waals surface area contributed by atoms with Crippen LogP contribution in [0.5, 0.6) is 17.2 Å². The van der Waals surface area contributed by atoms with E-state index in [-0.39, 0.29) is 21.2 Å². The van der Waals surface area contributed by atoms with Crippen LogP contribution >= 0.6 is 34.8 Å². The SMILES string of the molecule is COc1cc(C(C)S(C)(=O)=NC#N)cnc1Cl.COc1cc(C(C)S(C)(=O)=NC#N)cnc1Cl.COc1cc(CS(C)(=O)=NC#N)cnc1Cl. The van der Waals surface area contributed by atoms with Crippen molar-refractivity contribution in [1.82, 2.24) is 15.0 Å². The second-order valence-corrected chi connectivity index (χ2v) is 18.7. The van der Waals surface area contributed by atoms with Gasteiger partial charge >= 0.3 is 0 Å². The molecular weight excluding hydrogens is 773 g/mol. The van der Waals surface area contributed by atoms with Crippen molar-refractivity contribution >= 4 is 64.0 Å². The molecule has 3 aromatic rings. The number of rotatable bonds is 9.